The molecular weight excluding hydrogens is 252 g/mol. The van der Waals surface area contributed by atoms with Crippen LogP contribution in [0, 0.1) is 0 Å². The fourth-order valence-corrected chi connectivity index (χ4v) is 2.06. The molecule has 1 aromatic heterocycles. The Hall–Kier alpha value is -1.40. The third kappa shape index (κ3) is 4.85. The highest BCUT2D eigenvalue weighted by molar-refractivity contribution is 7.07. The van der Waals surface area contributed by atoms with Gasteiger partial charge >= 0.3 is 11.8 Å². The number of aliphatic hydroxyl groups excluding tert-OH is 1. The van der Waals surface area contributed by atoms with E-state index in [0.717, 1.165) is 12.0 Å². The minimum atomic E-state index is -0.652. The fraction of sp³-hybridized carbons (Fsp3) is 0.500. The van der Waals surface area contributed by atoms with Crippen molar-refractivity contribution < 1.29 is 14.7 Å². The Balaban J connectivity index is 2.21. The van der Waals surface area contributed by atoms with Gasteiger partial charge in [-0.2, -0.15) is 11.3 Å². The van der Waals surface area contributed by atoms with E-state index in [0.29, 0.717) is 13.0 Å². The average molecular weight is 270 g/mol. The zero-order valence-electron chi connectivity index (χ0n) is 10.3. The van der Waals surface area contributed by atoms with Crippen LogP contribution in [0.1, 0.15) is 31.4 Å². The zero-order valence-corrected chi connectivity index (χ0v) is 11.1. The van der Waals surface area contributed by atoms with Gasteiger partial charge < -0.3 is 15.7 Å². The van der Waals surface area contributed by atoms with Crippen LogP contribution < -0.4 is 10.6 Å². The number of carbonyl (C=O) groups excluding carboxylic acids is 2. The summed E-state index contributed by atoms with van der Waals surface area (Å²) in [5, 5.41) is 18.5. The summed E-state index contributed by atoms with van der Waals surface area (Å²) in [6.45, 7) is 2.68. The second-order valence-electron chi connectivity index (χ2n) is 3.87. The second kappa shape index (κ2) is 7.84. The molecule has 0 saturated heterocycles. The molecule has 0 aromatic carbocycles. The lowest BCUT2D eigenvalue weighted by Gasteiger charge is -2.09. The molecule has 0 radical (unpaired) electrons. The first kappa shape index (κ1) is 14.7. The van der Waals surface area contributed by atoms with Gasteiger partial charge in [-0.3, -0.25) is 9.59 Å². The van der Waals surface area contributed by atoms with Gasteiger partial charge in [-0.1, -0.05) is 6.92 Å². The van der Waals surface area contributed by atoms with E-state index >= 15 is 0 Å². The highest BCUT2D eigenvalue weighted by Gasteiger charge is 2.13. The van der Waals surface area contributed by atoms with Crippen LogP contribution in [0.5, 0.6) is 0 Å². The summed E-state index contributed by atoms with van der Waals surface area (Å²) in [6, 6.07) is 1.84. The summed E-state index contributed by atoms with van der Waals surface area (Å²) in [7, 11) is 0. The third-order valence-electron chi connectivity index (χ3n) is 2.37. The molecule has 1 heterocycles. The van der Waals surface area contributed by atoms with Crippen LogP contribution in [0.3, 0.4) is 0 Å². The van der Waals surface area contributed by atoms with Gasteiger partial charge in [0.2, 0.25) is 0 Å². The Bertz CT molecular complexity index is 379. The Labute approximate surface area is 110 Å². The molecule has 0 aliphatic heterocycles. The minimum absolute atomic E-state index is 0.273. The molecule has 5 nitrogen and oxygen atoms in total. The van der Waals surface area contributed by atoms with E-state index in [1.54, 1.807) is 0 Å². The largest absolute Gasteiger partial charge is 0.388 e. The molecule has 1 atom stereocenters. The Morgan fingerprint density at radius 1 is 1.33 bits per heavy atom. The predicted molar refractivity (Wildman–Crippen MR) is 70.2 cm³/mol. The molecule has 100 valence electrons. The molecule has 0 spiro atoms. The van der Waals surface area contributed by atoms with Crippen molar-refractivity contribution in [1.29, 1.82) is 0 Å². The van der Waals surface area contributed by atoms with E-state index in [9.17, 15) is 14.7 Å². The van der Waals surface area contributed by atoms with Crippen molar-refractivity contribution in [2.45, 2.75) is 25.9 Å². The normalized spacial score (nSPS) is 11.9. The van der Waals surface area contributed by atoms with Crippen LogP contribution in [0.2, 0.25) is 0 Å². The SMILES string of the molecule is CCCNC(=O)C(=O)NCCC(O)c1ccsc1. The van der Waals surface area contributed by atoms with Crippen molar-refractivity contribution in [3.63, 3.8) is 0 Å². The molecule has 0 bridgehead atoms. The molecule has 2 amide bonds. The Morgan fingerprint density at radius 2 is 2.00 bits per heavy atom. The number of thiophene rings is 1. The van der Waals surface area contributed by atoms with Gasteiger partial charge in [0.15, 0.2) is 0 Å². The van der Waals surface area contributed by atoms with Crippen LogP contribution in [0.25, 0.3) is 0 Å². The summed E-state index contributed by atoms with van der Waals surface area (Å²) < 4.78 is 0. The predicted octanol–water partition coefficient (Wildman–Crippen LogP) is 0.814. The van der Waals surface area contributed by atoms with Crippen molar-refractivity contribution in [3.8, 4) is 0 Å². The van der Waals surface area contributed by atoms with Crippen molar-refractivity contribution in [1.82, 2.24) is 10.6 Å². The van der Waals surface area contributed by atoms with Crippen LogP contribution >= 0.6 is 11.3 Å². The van der Waals surface area contributed by atoms with Crippen molar-refractivity contribution in [3.05, 3.63) is 22.4 Å². The van der Waals surface area contributed by atoms with E-state index in [4.69, 9.17) is 0 Å². The lowest BCUT2D eigenvalue weighted by Crippen LogP contribution is -2.40. The zero-order chi connectivity index (χ0) is 13.4. The third-order valence-corrected chi connectivity index (χ3v) is 3.07. The monoisotopic (exact) mass is 270 g/mol. The van der Waals surface area contributed by atoms with Crippen LogP contribution in [0.4, 0.5) is 0 Å². The number of hydrogen-bond donors (Lipinski definition) is 3. The molecule has 0 aliphatic rings. The van der Waals surface area contributed by atoms with Crippen molar-refractivity contribution in [2.75, 3.05) is 13.1 Å². The van der Waals surface area contributed by atoms with E-state index < -0.39 is 17.9 Å². The van der Waals surface area contributed by atoms with E-state index in [-0.39, 0.29) is 6.54 Å². The Kier molecular flexibility index (Phi) is 6.38. The fourth-order valence-electron chi connectivity index (χ4n) is 1.35. The lowest BCUT2D eigenvalue weighted by atomic mass is 10.1. The van der Waals surface area contributed by atoms with E-state index in [1.807, 2.05) is 23.8 Å². The van der Waals surface area contributed by atoms with Gasteiger partial charge in [-0.15, -0.1) is 0 Å². The standard InChI is InChI=1S/C12H18N2O3S/c1-2-5-13-11(16)12(17)14-6-3-10(15)9-4-7-18-8-9/h4,7-8,10,15H,2-3,5-6H2,1H3,(H,13,16)(H,14,17). The summed E-state index contributed by atoms with van der Waals surface area (Å²) in [6.07, 6.45) is 0.578. The first-order chi connectivity index (χ1) is 8.65. The summed E-state index contributed by atoms with van der Waals surface area (Å²) in [4.78, 5) is 22.5. The van der Waals surface area contributed by atoms with Gasteiger partial charge in [-0.05, 0) is 35.2 Å². The van der Waals surface area contributed by atoms with Crippen LogP contribution in [0.15, 0.2) is 16.8 Å². The molecule has 18 heavy (non-hydrogen) atoms. The molecule has 0 fully saturated rings. The maximum absolute atomic E-state index is 11.3. The molecule has 0 aliphatic carbocycles. The molecule has 0 saturated carbocycles. The molecule has 1 rings (SSSR count). The first-order valence-corrected chi connectivity index (χ1v) is 6.85. The number of amides is 2. The maximum atomic E-state index is 11.3. The van der Waals surface area contributed by atoms with Gasteiger partial charge in [0.1, 0.15) is 0 Å². The van der Waals surface area contributed by atoms with Gasteiger partial charge in [0, 0.05) is 13.1 Å². The molecule has 1 unspecified atom stereocenters. The average Bonchev–Trinajstić information content (AvgIpc) is 2.89. The first-order valence-electron chi connectivity index (χ1n) is 5.91. The topological polar surface area (TPSA) is 78.4 Å². The van der Waals surface area contributed by atoms with Crippen molar-refractivity contribution in [2.24, 2.45) is 0 Å². The second-order valence-corrected chi connectivity index (χ2v) is 4.65. The molecular formula is C12H18N2O3S. The molecule has 1 aromatic rings. The number of nitrogens with one attached hydrogen (secondary N) is 2. The van der Waals surface area contributed by atoms with E-state index in [1.165, 1.54) is 11.3 Å². The molecule has 3 N–H and O–H groups in total. The summed E-state index contributed by atoms with van der Waals surface area (Å²) in [5.41, 5.74) is 0.838. The molecule has 6 heteroatoms. The van der Waals surface area contributed by atoms with Gasteiger partial charge in [0.05, 0.1) is 6.10 Å². The summed E-state index contributed by atoms with van der Waals surface area (Å²) >= 11 is 1.51. The number of aliphatic hydroxyl groups is 1. The van der Waals surface area contributed by atoms with Crippen LogP contribution in [-0.2, 0) is 9.59 Å². The number of rotatable bonds is 6. The van der Waals surface area contributed by atoms with Crippen LogP contribution in [-0.4, -0.2) is 30.0 Å². The highest BCUT2D eigenvalue weighted by atomic mass is 32.1. The Morgan fingerprint density at radius 3 is 2.56 bits per heavy atom. The van der Waals surface area contributed by atoms with Crippen molar-refractivity contribution >= 4 is 23.2 Å². The minimum Gasteiger partial charge on any atom is -0.388 e. The van der Waals surface area contributed by atoms with Gasteiger partial charge in [0.25, 0.3) is 0 Å². The summed E-state index contributed by atoms with van der Waals surface area (Å²) in [5.74, 6) is -1.28. The smallest absolute Gasteiger partial charge is 0.309 e. The number of carbonyl (C=O) groups is 2. The van der Waals surface area contributed by atoms with E-state index in [2.05, 4.69) is 10.6 Å². The lowest BCUT2D eigenvalue weighted by molar-refractivity contribution is -0.139. The quantitative estimate of drug-likeness (QED) is 0.669. The van der Waals surface area contributed by atoms with Gasteiger partial charge in [-0.25, -0.2) is 0 Å². The maximum Gasteiger partial charge on any atom is 0.309 e. The number of hydrogen-bond acceptors (Lipinski definition) is 4. The highest BCUT2D eigenvalue weighted by Crippen LogP contribution is 2.18.